The zero-order valence-corrected chi connectivity index (χ0v) is 22.5. The molecule has 0 aliphatic carbocycles. The van der Waals surface area contributed by atoms with Crippen LogP contribution < -0.4 is 4.57 Å². The summed E-state index contributed by atoms with van der Waals surface area (Å²) < 4.78 is 24.2. The molecule has 2 heterocycles. The maximum Gasteiger partial charge on any atom is 0.216 e. The first-order valence-electron chi connectivity index (χ1n) is 13.0. The van der Waals surface area contributed by atoms with E-state index >= 15 is 4.39 Å². The van der Waals surface area contributed by atoms with Gasteiger partial charge in [-0.1, -0.05) is 80.6 Å². The van der Waals surface area contributed by atoms with Gasteiger partial charge in [-0.2, -0.15) is 0 Å². The molecule has 0 fully saturated rings. The van der Waals surface area contributed by atoms with Gasteiger partial charge in [-0.15, -0.1) is 0 Å². The third-order valence-electron chi connectivity index (χ3n) is 7.90. The van der Waals surface area contributed by atoms with Crippen LogP contribution in [0.5, 0.6) is 0 Å². The van der Waals surface area contributed by atoms with Gasteiger partial charge in [0.05, 0.1) is 11.1 Å². The van der Waals surface area contributed by atoms with E-state index in [1.807, 2.05) is 31.3 Å². The van der Waals surface area contributed by atoms with E-state index in [9.17, 15) is 0 Å². The predicted octanol–water partition coefficient (Wildman–Crippen LogP) is 8.83. The number of hydrogen-bond acceptors (Lipinski definition) is 1. The Bertz CT molecular complexity index is 1810. The minimum absolute atomic E-state index is 0.167. The van der Waals surface area contributed by atoms with Crippen molar-refractivity contribution in [1.29, 1.82) is 0 Å². The van der Waals surface area contributed by atoms with Crippen LogP contribution in [0.1, 0.15) is 36.1 Å². The van der Waals surface area contributed by atoms with Crippen LogP contribution >= 0.6 is 0 Å². The molecule has 6 aromatic rings. The Labute approximate surface area is 223 Å². The first-order chi connectivity index (χ1) is 18.3. The fourth-order valence-corrected chi connectivity index (χ4v) is 5.65. The van der Waals surface area contributed by atoms with Crippen molar-refractivity contribution in [3.8, 4) is 22.4 Å². The van der Waals surface area contributed by atoms with Crippen molar-refractivity contribution >= 4 is 21.9 Å². The summed E-state index contributed by atoms with van der Waals surface area (Å²) in [5.41, 5.74) is 9.32. The average molecular weight is 501 g/mol. The zero-order valence-electron chi connectivity index (χ0n) is 22.5. The van der Waals surface area contributed by atoms with Gasteiger partial charge in [0.2, 0.25) is 5.69 Å². The summed E-state index contributed by atoms with van der Waals surface area (Å²) in [5.74, 6) is -0.286. The maximum atomic E-state index is 15.5. The first-order valence-corrected chi connectivity index (χ1v) is 13.0. The number of pyridine rings is 1. The summed E-state index contributed by atoms with van der Waals surface area (Å²) in [7, 11) is 2.05. The topological polar surface area (TPSA) is 17.0 Å². The molecule has 0 radical (unpaired) electrons. The van der Waals surface area contributed by atoms with Crippen LogP contribution in [0.2, 0.25) is 0 Å². The van der Waals surface area contributed by atoms with Crippen molar-refractivity contribution in [2.24, 2.45) is 7.05 Å². The summed E-state index contributed by atoms with van der Waals surface area (Å²) in [5, 5.41) is 1.91. The van der Waals surface area contributed by atoms with Crippen molar-refractivity contribution in [2.45, 2.75) is 33.1 Å². The van der Waals surface area contributed by atoms with Crippen LogP contribution in [0, 0.1) is 19.7 Å². The molecule has 0 atom stereocenters. The van der Waals surface area contributed by atoms with Crippen molar-refractivity contribution in [3.05, 3.63) is 125 Å². The summed E-state index contributed by atoms with van der Waals surface area (Å²) in [6.45, 7) is 8.61. The third kappa shape index (κ3) is 3.81. The summed E-state index contributed by atoms with van der Waals surface area (Å²) >= 11 is 0. The summed E-state index contributed by atoms with van der Waals surface area (Å²) in [4.78, 5) is 0. The van der Waals surface area contributed by atoms with Gasteiger partial charge in [-0.3, -0.25) is 0 Å². The molecular formula is C35H31FNO+. The fraction of sp³-hybridized carbons (Fsp3) is 0.171. The smallest absolute Gasteiger partial charge is 0.216 e. The highest BCUT2D eigenvalue weighted by atomic mass is 19.1. The van der Waals surface area contributed by atoms with Gasteiger partial charge in [-0.05, 0) is 54.3 Å². The lowest BCUT2D eigenvalue weighted by atomic mass is 9.78. The van der Waals surface area contributed by atoms with Crippen molar-refractivity contribution < 1.29 is 13.4 Å². The minimum atomic E-state index is -0.286. The number of aromatic nitrogens is 1. The second-order valence-electron chi connectivity index (χ2n) is 10.8. The molecule has 0 amide bonds. The summed E-state index contributed by atoms with van der Waals surface area (Å²) in [6.07, 6.45) is 2.11. The van der Waals surface area contributed by atoms with Crippen LogP contribution in [-0.4, -0.2) is 0 Å². The van der Waals surface area contributed by atoms with Crippen molar-refractivity contribution in [1.82, 2.24) is 0 Å². The van der Waals surface area contributed by atoms with Gasteiger partial charge in [-0.25, -0.2) is 8.96 Å². The van der Waals surface area contributed by atoms with Gasteiger partial charge < -0.3 is 4.42 Å². The molecule has 0 unspecified atom stereocenters. The molecule has 38 heavy (non-hydrogen) atoms. The van der Waals surface area contributed by atoms with Gasteiger partial charge in [0.15, 0.2) is 6.20 Å². The van der Waals surface area contributed by atoms with E-state index in [0.29, 0.717) is 11.1 Å². The maximum absolute atomic E-state index is 15.5. The molecule has 188 valence electrons. The lowest BCUT2D eigenvalue weighted by Crippen LogP contribution is -2.31. The van der Waals surface area contributed by atoms with E-state index < -0.39 is 0 Å². The molecule has 0 aliphatic heterocycles. The normalized spacial score (nSPS) is 11.9. The molecule has 4 aromatic carbocycles. The lowest BCUT2D eigenvalue weighted by Gasteiger charge is -2.26. The van der Waals surface area contributed by atoms with Crippen molar-refractivity contribution in [2.75, 3.05) is 0 Å². The predicted molar refractivity (Wildman–Crippen MR) is 154 cm³/mol. The van der Waals surface area contributed by atoms with Gasteiger partial charge in [0.1, 0.15) is 24.0 Å². The number of aryl methyl sites for hydroxylation is 3. The molecule has 0 N–H and O–H groups in total. The second kappa shape index (κ2) is 8.95. The molecule has 0 bridgehead atoms. The highest BCUT2D eigenvalue weighted by Crippen LogP contribution is 2.42. The van der Waals surface area contributed by atoms with E-state index in [2.05, 4.69) is 99.1 Å². The number of halogens is 1. The standard InChI is InChI=1S/C35H31FNO/c1-22-11-20-30(37(5)21-22)31-23(2)12-17-27-28-18-19-29(36)32(34(28)38-33(27)31)24-13-15-26(16-14-24)35(3,4)25-9-7-6-8-10-25/h6-21H,1-5H3/q+1. The SMILES string of the molecule is Cc1ccc(-c2c(C)ccc3c2oc2c(-c4ccc(C(C)(C)c5ccccc5)cc4)c(F)ccc23)[n+](C)c1. The largest absolute Gasteiger partial charge is 0.454 e. The summed E-state index contributed by atoms with van der Waals surface area (Å²) in [6, 6.07) is 30.5. The van der Waals surface area contributed by atoms with Crippen LogP contribution in [-0.2, 0) is 12.5 Å². The average Bonchev–Trinajstić information content (AvgIpc) is 3.28. The quantitative estimate of drug-likeness (QED) is 0.221. The zero-order chi connectivity index (χ0) is 26.6. The van der Waals surface area contributed by atoms with E-state index in [1.54, 1.807) is 6.07 Å². The lowest BCUT2D eigenvalue weighted by molar-refractivity contribution is -0.660. The van der Waals surface area contributed by atoms with E-state index in [1.165, 1.54) is 16.7 Å². The molecular weight excluding hydrogens is 469 g/mol. The van der Waals surface area contributed by atoms with Gasteiger partial charge >= 0.3 is 0 Å². The number of benzene rings is 4. The van der Waals surface area contributed by atoms with Crippen LogP contribution in [0.4, 0.5) is 4.39 Å². The molecule has 2 nitrogen and oxygen atoms in total. The number of nitrogens with zero attached hydrogens (tertiary/aromatic N) is 1. The highest BCUT2D eigenvalue weighted by molar-refractivity contribution is 6.13. The molecule has 0 aliphatic rings. The van der Waals surface area contributed by atoms with E-state index in [0.717, 1.165) is 38.7 Å². The Balaban J connectivity index is 1.53. The Kier molecular flexibility index (Phi) is 5.68. The van der Waals surface area contributed by atoms with Gasteiger partial charge in [0, 0.05) is 27.8 Å². The first kappa shape index (κ1) is 24.1. The molecule has 0 saturated carbocycles. The van der Waals surface area contributed by atoms with E-state index in [4.69, 9.17) is 4.42 Å². The number of fused-ring (bicyclic) bond motifs is 3. The number of rotatable bonds is 4. The Hall–Kier alpha value is -4.24. The second-order valence-corrected chi connectivity index (χ2v) is 10.8. The Morgan fingerprint density at radius 3 is 2.00 bits per heavy atom. The number of furan rings is 1. The minimum Gasteiger partial charge on any atom is -0.454 e. The van der Waals surface area contributed by atoms with E-state index in [-0.39, 0.29) is 11.2 Å². The Morgan fingerprint density at radius 1 is 0.684 bits per heavy atom. The van der Waals surface area contributed by atoms with Crippen LogP contribution in [0.3, 0.4) is 0 Å². The Morgan fingerprint density at radius 2 is 1.32 bits per heavy atom. The monoisotopic (exact) mass is 500 g/mol. The van der Waals surface area contributed by atoms with Crippen molar-refractivity contribution in [3.63, 3.8) is 0 Å². The molecule has 0 saturated heterocycles. The highest BCUT2D eigenvalue weighted by Gasteiger charge is 2.25. The van der Waals surface area contributed by atoms with Gasteiger partial charge in [0.25, 0.3) is 0 Å². The van der Waals surface area contributed by atoms with Crippen LogP contribution in [0.25, 0.3) is 44.3 Å². The molecule has 6 rings (SSSR count). The molecule has 0 spiro atoms. The fourth-order valence-electron chi connectivity index (χ4n) is 5.65. The third-order valence-corrected chi connectivity index (χ3v) is 7.90. The number of hydrogen-bond donors (Lipinski definition) is 0. The molecule has 2 aromatic heterocycles. The van der Waals surface area contributed by atoms with Crippen LogP contribution in [0.15, 0.2) is 102 Å². The molecule has 3 heteroatoms.